The highest BCUT2D eigenvalue weighted by atomic mass is 19.1. The molecule has 0 aliphatic heterocycles. The van der Waals surface area contributed by atoms with Crippen molar-refractivity contribution in [2.45, 2.75) is 19.8 Å². The number of alkyl halides is 1. The van der Waals surface area contributed by atoms with Crippen molar-refractivity contribution < 1.29 is 14.0 Å². The first-order valence-corrected chi connectivity index (χ1v) is 10.1. The van der Waals surface area contributed by atoms with Gasteiger partial charge in [-0.25, -0.2) is 9.38 Å². The van der Waals surface area contributed by atoms with E-state index in [0.717, 1.165) is 23.0 Å². The minimum atomic E-state index is -0.554. The second-order valence-electron chi connectivity index (χ2n) is 6.97. The van der Waals surface area contributed by atoms with Crippen LogP contribution in [0.1, 0.15) is 35.7 Å². The molecule has 6 nitrogen and oxygen atoms in total. The van der Waals surface area contributed by atoms with Crippen LogP contribution in [0.5, 0.6) is 0 Å². The van der Waals surface area contributed by atoms with E-state index in [4.69, 9.17) is 11.5 Å². The molecule has 1 aliphatic carbocycles. The van der Waals surface area contributed by atoms with Crippen LogP contribution in [0.15, 0.2) is 95.0 Å². The van der Waals surface area contributed by atoms with E-state index in [9.17, 15) is 14.0 Å². The van der Waals surface area contributed by atoms with Gasteiger partial charge in [0.05, 0.1) is 0 Å². The van der Waals surface area contributed by atoms with Crippen LogP contribution in [-0.2, 0) is 4.79 Å². The number of carbonyl (C=O) groups excluding carboxylic acids is 2. The molecule has 5 N–H and O–H groups in total. The summed E-state index contributed by atoms with van der Waals surface area (Å²) in [7, 11) is 0. The van der Waals surface area contributed by atoms with Crippen molar-refractivity contribution >= 4 is 23.6 Å². The Kier molecular flexibility index (Phi) is 9.59. The third-order valence-corrected chi connectivity index (χ3v) is 4.46. The Morgan fingerprint density at radius 3 is 2.56 bits per heavy atom. The van der Waals surface area contributed by atoms with Gasteiger partial charge in [0.1, 0.15) is 24.6 Å². The average molecular weight is 435 g/mol. The Balaban J connectivity index is 1.92. The van der Waals surface area contributed by atoms with Crippen molar-refractivity contribution in [3.8, 4) is 0 Å². The molecule has 1 aliphatic rings. The van der Waals surface area contributed by atoms with Gasteiger partial charge in [0.25, 0.3) is 0 Å². The van der Waals surface area contributed by atoms with Gasteiger partial charge in [-0.05, 0) is 42.2 Å². The molecule has 0 fully saturated rings. The monoisotopic (exact) mass is 434 g/mol. The minimum absolute atomic E-state index is 0.111. The fourth-order valence-electron chi connectivity index (χ4n) is 2.82. The largest absolute Gasteiger partial charge is 0.384 e. The van der Waals surface area contributed by atoms with E-state index in [1.54, 1.807) is 31.2 Å². The number of nitrogens with two attached hydrogens (primary N) is 2. The normalized spacial score (nSPS) is 16.4. The van der Waals surface area contributed by atoms with Crippen molar-refractivity contribution in [3.05, 3.63) is 101 Å². The van der Waals surface area contributed by atoms with E-state index in [1.165, 1.54) is 18.2 Å². The van der Waals surface area contributed by atoms with Gasteiger partial charge in [-0.2, -0.15) is 0 Å². The summed E-state index contributed by atoms with van der Waals surface area (Å²) in [4.78, 5) is 26.8. The third-order valence-electron chi connectivity index (χ3n) is 4.46. The summed E-state index contributed by atoms with van der Waals surface area (Å²) in [6.45, 7) is 1.16. The molecule has 0 saturated heterocycles. The fraction of sp³-hybridized carbons (Fsp3) is 0.160. The number of amides is 1. The van der Waals surface area contributed by atoms with Gasteiger partial charge in [0.15, 0.2) is 0 Å². The minimum Gasteiger partial charge on any atom is -0.384 e. The number of rotatable bonds is 9. The van der Waals surface area contributed by atoms with E-state index in [2.05, 4.69) is 10.3 Å². The lowest BCUT2D eigenvalue weighted by Crippen LogP contribution is -2.20. The predicted molar refractivity (Wildman–Crippen MR) is 127 cm³/mol. The third kappa shape index (κ3) is 8.02. The van der Waals surface area contributed by atoms with Crippen molar-refractivity contribution in [2.75, 3.05) is 6.67 Å². The SMILES string of the molecule is C/C(=C\C=C/CF)NC(=O)C/C=C/C(N)=N/C(N)=C1\C=CC(c2ccc(C=O)cc2)=CC1. The van der Waals surface area contributed by atoms with Crippen molar-refractivity contribution in [1.82, 2.24) is 5.32 Å². The maximum absolute atomic E-state index is 12.0. The van der Waals surface area contributed by atoms with Gasteiger partial charge in [0.2, 0.25) is 5.91 Å². The van der Waals surface area contributed by atoms with E-state index >= 15 is 0 Å². The van der Waals surface area contributed by atoms with Gasteiger partial charge in [0, 0.05) is 17.7 Å². The topological polar surface area (TPSA) is 111 Å². The number of allylic oxidation sites excluding steroid dienone is 9. The van der Waals surface area contributed by atoms with Crippen molar-refractivity contribution in [2.24, 2.45) is 16.5 Å². The van der Waals surface area contributed by atoms with Gasteiger partial charge in [-0.1, -0.05) is 60.7 Å². The van der Waals surface area contributed by atoms with Crippen LogP contribution in [0.3, 0.4) is 0 Å². The maximum atomic E-state index is 12.0. The average Bonchev–Trinajstić information content (AvgIpc) is 2.79. The van der Waals surface area contributed by atoms with Gasteiger partial charge in [-0.15, -0.1) is 0 Å². The second kappa shape index (κ2) is 12.6. The molecular weight excluding hydrogens is 407 g/mol. The summed E-state index contributed by atoms with van der Waals surface area (Å²) in [5.41, 5.74) is 16.1. The fourth-order valence-corrected chi connectivity index (χ4v) is 2.82. The molecule has 7 heteroatoms. The smallest absolute Gasteiger partial charge is 0.227 e. The van der Waals surface area contributed by atoms with E-state index in [1.807, 2.05) is 30.4 Å². The zero-order valence-electron chi connectivity index (χ0n) is 17.9. The number of hydrogen-bond acceptors (Lipinski definition) is 4. The first-order chi connectivity index (χ1) is 15.4. The molecule has 166 valence electrons. The first-order valence-electron chi connectivity index (χ1n) is 10.1. The number of carbonyl (C=O) groups is 2. The summed E-state index contributed by atoms with van der Waals surface area (Å²) >= 11 is 0. The molecule has 0 bridgehead atoms. The zero-order valence-corrected chi connectivity index (χ0v) is 17.9. The quantitative estimate of drug-likeness (QED) is 0.237. The summed E-state index contributed by atoms with van der Waals surface area (Å²) in [6, 6.07) is 7.34. The number of aldehydes is 1. The Hall–Kier alpha value is -4.00. The van der Waals surface area contributed by atoms with Crippen LogP contribution >= 0.6 is 0 Å². The molecule has 0 spiro atoms. The number of nitrogens with zero attached hydrogens (tertiary/aromatic N) is 1. The Labute approximate surface area is 187 Å². The number of amidine groups is 1. The second-order valence-corrected chi connectivity index (χ2v) is 6.97. The molecule has 0 unspecified atom stereocenters. The van der Waals surface area contributed by atoms with E-state index in [0.29, 0.717) is 23.5 Å². The summed E-state index contributed by atoms with van der Waals surface area (Å²) in [6.07, 6.45) is 15.0. The van der Waals surface area contributed by atoms with E-state index in [-0.39, 0.29) is 18.2 Å². The molecule has 0 aromatic heterocycles. The molecule has 0 radical (unpaired) electrons. The molecule has 2 rings (SSSR count). The molecule has 1 aromatic carbocycles. The lowest BCUT2D eigenvalue weighted by atomic mass is 9.96. The maximum Gasteiger partial charge on any atom is 0.227 e. The number of nitrogens with one attached hydrogen (secondary N) is 1. The summed E-state index contributed by atoms with van der Waals surface area (Å²) < 4.78 is 12.0. The molecule has 1 aromatic rings. The van der Waals surface area contributed by atoms with Crippen molar-refractivity contribution in [3.63, 3.8) is 0 Å². The number of benzene rings is 1. The van der Waals surface area contributed by atoms with Gasteiger partial charge in [-0.3, -0.25) is 9.59 Å². The first kappa shape index (κ1) is 24.3. The molecular formula is C25H27FN4O2. The van der Waals surface area contributed by atoms with Crippen LogP contribution in [0.4, 0.5) is 4.39 Å². The van der Waals surface area contributed by atoms with Crippen LogP contribution in [0.25, 0.3) is 5.57 Å². The summed E-state index contributed by atoms with van der Waals surface area (Å²) in [5, 5.41) is 2.68. The van der Waals surface area contributed by atoms with Crippen LogP contribution in [0.2, 0.25) is 0 Å². The molecule has 0 heterocycles. The Morgan fingerprint density at radius 1 is 1.19 bits per heavy atom. The summed E-state index contributed by atoms with van der Waals surface area (Å²) in [5.74, 6) is 0.267. The number of hydrogen-bond donors (Lipinski definition) is 3. The highest BCUT2D eigenvalue weighted by Gasteiger charge is 2.07. The number of halogens is 1. The highest BCUT2D eigenvalue weighted by molar-refractivity contribution is 5.93. The molecule has 1 amide bonds. The van der Waals surface area contributed by atoms with E-state index < -0.39 is 6.67 Å². The lowest BCUT2D eigenvalue weighted by Gasteiger charge is -2.11. The zero-order chi connectivity index (χ0) is 23.3. The Bertz CT molecular complexity index is 1040. The van der Waals surface area contributed by atoms with Crippen LogP contribution < -0.4 is 16.8 Å². The predicted octanol–water partition coefficient (Wildman–Crippen LogP) is 3.86. The van der Waals surface area contributed by atoms with Crippen LogP contribution in [0, 0.1) is 0 Å². The Morgan fingerprint density at radius 2 is 1.94 bits per heavy atom. The van der Waals surface area contributed by atoms with Gasteiger partial charge < -0.3 is 16.8 Å². The number of aliphatic imine (C=N–C) groups is 1. The lowest BCUT2D eigenvalue weighted by molar-refractivity contribution is -0.119. The highest BCUT2D eigenvalue weighted by Crippen LogP contribution is 2.25. The van der Waals surface area contributed by atoms with Crippen molar-refractivity contribution in [1.29, 1.82) is 0 Å². The van der Waals surface area contributed by atoms with Crippen LogP contribution in [-0.4, -0.2) is 24.7 Å². The molecule has 0 atom stereocenters. The van der Waals surface area contributed by atoms with Gasteiger partial charge >= 0.3 is 0 Å². The standard InChI is InChI=1S/C25H27FN4O2/c1-18(5-2-3-16-26)29-24(32)7-4-6-23(27)30-25(28)22-14-12-21(13-15-22)20-10-8-19(17-31)9-11-20/h2-6,8-14,17H,7,15-16,28H2,1H3,(H2,27,30)(H,29,32)/b3-2-,6-4+,18-5+,25-22+. The molecule has 32 heavy (non-hydrogen) atoms. The molecule has 0 saturated carbocycles.